The number of hydrogen-bond donors (Lipinski definition) is 1. The maximum atomic E-state index is 13.0. The molecular formula is C29H29ClO9. The predicted octanol–water partition coefficient (Wildman–Crippen LogP) is 5.00. The van der Waals surface area contributed by atoms with Crippen molar-refractivity contribution in [2.24, 2.45) is 5.92 Å². The quantitative estimate of drug-likeness (QED) is 0.204. The molecule has 1 N–H and O–H groups in total. The summed E-state index contributed by atoms with van der Waals surface area (Å²) in [6.45, 7) is 0.0440. The number of carboxylic acids is 1. The Morgan fingerprint density at radius 3 is 1.82 bits per heavy atom. The molecule has 0 fully saturated rings. The largest absolute Gasteiger partial charge is 0.497 e. The van der Waals surface area contributed by atoms with Gasteiger partial charge in [0.2, 0.25) is 11.6 Å². The molecule has 0 saturated carbocycles. The molecule has 0 aromatic heterocycles. The number of carbonyl (C=O) groups is 3. The number of methoxy groups -OCH3 is 3. The van der Waals surface area contributed by atoms with Gasteiger partial charge in [-0.05, 0) is 47.5 Å². The van der Waals surface area contributed by atoms with E-state index in [1.54, 1.807) is 38.5 Å². The fraction of sp³-hybridized carbons (Fsp3) is 0.276. The van der Waals surface area contributed by atoms with Crippen LogP contribution in [0.4, 0.5) is 0 Å². The summed E-state index contributed by atoms with van der Waals surface area (Å²) < 4.78 is 27.2. The Kier molecular flexibility index (Phi) is 10.7. The van der Waals surface area contributed by atoms with Crippen LogP contribution in [0.25, 0.3) is 0 Å². The molecule has 3 aromatic rings. The lowest BCUT2D eigenvalue weighted by Crippen LogP contribution is -2.26. The molecule has 1 unspecified atom stereocenters. The third-order valence-corrected chi connectivity index (χ3v) is 6.18. The van der Waals surface area contributed by atoms with Gasteiger partial charge in [0, 0.05) is 19.1 Å². The molecule has 0 radical (unpaired) electrons. The first-order valence-corrected chi connectivity index (χ1v) is 12.3. The van der Waals surface area contributed by atoms with E-state index in [9.17, 15) is 19.5 Å². The summed E-state index contributed by atoms with van der Waals surface area (Å²) in [6.07, 6.45) is -0.532. The zero-order valence-electron chi connectivity index (χ0n) is 21.8. The highest BCUT2D eigenvalue weighted by Gasteiger charge is 2.29. The maximum absolute atomic E-state index is 13.0. The number of hydrogen-bond acceptors (Lipinski definition) is 8. The molecule has 10 heteroatoms. The highest BCUT2D eigenvalue weighted by molar-refractivity contribution is 6.48. The number of rotatable bonds is 15. The van der Waals surface area contributed by atoms with Crippen LogP contribution >= 0.6 is 11.6 Å². The second-order valence-corrected chi connectivity index (χ2v) is 8.85. The third-order valence-electron chi connectivity index (χ3n) is 5.80. The zero-order valence-corrected chi connectivity index (χ0v) is 22.5. The molecule has 0 amide bonds. The minimum Gasteiger partial charge on any atom is -0.497 e. The Morgan fingerprint density at radius 2 is 1.33 bits per heavy atom. The number of carbonyl (C=O) groups excluding carboxylic acids is 2. The van der Waals surface area contributed by atoms with Crippen LogP contribution in [-0.4, -0.2) is 50.6 Å². The van der Waals surface area contributed by atoms with Crippen LogP contribution in [0.2, 0.25) is 5.02 Å². The van der Waals surface area contributed by atoms with Gasteiger partial charge in [0.05, 0.1) is 31.8 Å². The third kappa shape index (κ3) is 7.95. The summed E-state index contributed by atoms with van der Waals surface area (Å²) in [5, 5.41) is 9.20. The van der Waals surface area contributed by atoms with E-state index in [0.717, 1.165) is 11.1 Å². The number of carboxylic acid groups (broad SMARTS) is 1. The maximum Gasteiger partial charge on any atom is 0.309 e. The monoisotopic (exact) mass is 556 g/mol. The Balaban J connectivity index is 1.87. The van der Waals surface area contributed by atoms with Gasteiger partial charge in [-0.3, -0.25) is 14.4 Å². The molecule has 3 aromatic carbocycles. The van der Waals surface area contributed by atoms with Crippen molar-refractivity contribution in [1.82, 2.24) is 0 Å². The number of aliphatic carboxylic acids is 1. The summed E-state index contributed by atoms with van der Waals surface area (Å²) >= 11 is 6.59. The molecule has 0 aliphatic carbocycles. The molecule has 1 atom stereocenters. The fourth-order valence-corrected chi connectivity index (χ4v) is 3.90. The number of ether oxygens (including phenoxy) is 5. The van der Waals surface area contributed by atoms with Gasteiger partial charge >= 0.3 is 5.97 Å². The van der Waals surface area contributed by atoms with E-state index in [-0.39, 0.29) is 41.9 Å². The average molecular weight is 557 g/mol. The minimum atomic E-state index is -1.24. The van der Waals surface area contributed by atoms with Gasteiger partial charge in [0.15, 0.2) is 11.5 Å². The van der Waals surface area contributed by atoms with Crippen LogP contribution in [-0.2, 0) is 27.5 Å². The van der Waals surface area contributed by atoms with E-state index in [1.807, 2.05) is 24.3 Å². The summed E-state index contributed by atoms with van der Waals surface area (Å²) in [4.78, 5) is 37.1. The molecule has 0 spiro atoms. The van der Waals surface area contributed by atoms with Crippen molar-refractivity contribution in [3.63, 3.8) is 0 Å². The summed E-state index contributed by atoms with van der Waals surface area (Å²) in [5.41, 5.74) is 1.52. The SMILES string of the molecule is COCC(CC(=O)C(=O)c1ccc(OCc2ccc(OC)cc2)c(OCc2ccc(OC)cc2)c1Cl)C(=O)O. The minimum absolute atomic E-state index is 0.0753. The molecule has 0 heterocycles. The average Bonchev–Trinajstić information content (AvgIpc) is 2.95. The number of ketones is 2. The van der Waals surface area contributed by atoms with Crippen LogP contribution in [0.15, 0.2) is 60.7 Å². The zero-order chi connectivity index (χ0) is 28.4. The topological polar surface area (TPSA) is 118 Å². The van der Waals surface area contributed by atoms with E-state index in [0.29, 0.717) is 11.5 Å². The van der Waals surface area contributed by atoms with Crippen LogP contribution in [0.3, 0.4) is 0 Å². The first kappa shape index (κ1) is 29.5. The van der Waals surface area contributed by atoms with Gasteiger partial charge in [-0.25, -0.2) is 0 Å². The number of Topliss-reactive ketones (excluding diaryl/α,β-unsaturated/α-hetero) is 2. The van der Waals surface area contributed by atoms with E-state index >= 15 is 0 Å². The van der Waals surface area contributed by atoms with E-state index in [4.69, 9.17) is 35.3 Å². The molecule has 0 saturated heterocycles. The Labute approximate surface area is 231 Å². The van der Waals surface area contributed by atoms with Crippen molar-refractivity contribution < 1.29 is 43.2 Å². The lowest BCUT2D eigenvalue weighted by Gasteiger charge is -2.17. The fourth-order valence-electron chi connectivity index (χ4n) is 3.61. The predicted molar refractivity (Wildman–Crippen MR) is 143 cm³/mol. The van der Waals surface area contributed by atoms with Crippen molar-refractivity contribution in [3.8, 4) is 23.0 Å². The van der Waals surface area contributed by atoms with Crippen molar-refractivity contribution >= 4 is 29.1 Å². The number of halogens is 1. The van der Waals surface area contributed by atoms with Crippen molar-refractivity contribution in [2.45, 2.75) is 19.6 Å². The first-order valence-electron chi connectivity index (χ1n) is 11.9. The highest BCUT2D eigenvalue weighted by Crippen LogP contribution is 2.39. The van der Waals surface area contributed by atoms with Gasteiger partial charge in [-0.15, -0.1) is 0 Å². The van der Waals surface area contributed by atoms with Crippen LogP contribution < -0.4 is 18.9 Å². The van der Waals surface area contributed by atoms with Crippen LogP contribution in [0.1, 0.15) is 27.9 Å². The second kappa shape index (κ2) is 14.2. The summed E-state index contributed by atoms with van der Waals surface area (Å²) in [7, 11) is 4.46. The lowest BCUT2D eigenvalue weighted by atomic mass is 9.97. The van der Waals surface area contributed by atoms with Gasteiger partial charge in [0.25, 0.3) is 0 Å². The van der Waals surface area contributed by atoms with Gasteiger partial charge in [-0.1, -0.05) is 35.9 Å². The summed E-state index contributed by atoms with van der Waals surface area (Å²) in [5.74, 6) is -2.53. The van der Waals surface area contributed by atoms with Crippen molar-refractivity contribution in [1.29, 1.82) is 0 Å². The van der Waals surface area contributed by atoms with E-state index in [2.05, 4.69) is 0 Å². The molecule has 0 bridgehead atoms. The van der Waals surface area contributed by atoms with Crippen molar-refractivity contribution in [2.75, 3.05) is 27.9 Å². The Bertz CT molecular complexity index is 1290. The normalized spacial score (nSPS) is 11.4. The lowest BCUT2D eigenvalue weighted by molar-refractivity contribution is -0.145. The molecule has 0 aliphatic rings. The van der Waals surface area contributed by atoms with Gasteiger partial charge in [-0.2, -0.15) is 0 Å². The van der Waals surface area contributed by atoms with Crippen LogP contribution in [0, 0.1) is 5.92 Å². The molecule has 206 valence electrons. The first-order chi connectivity index (χ1) is 18.8. The van der Waals surface area contributed by atoms with E-state index < -0.39 is 29.9 Å². The van der Waals surface area contributed by atoms with Crippen LogP contribution in [0.5, 0.6) is 23.0 Å². The molecule has 39 heavy (non-hydrogen) atoms. The Morgan fingerprint density at radius 1 is 0.795 bits per heavy atom. The summed E-state index contributed by atoms with van der Waals surface area (Å²) in [6, 6.07) is 17.3. The smallest absolute Gasteiger partial charge is 0.309 e. The molecule has 0 aliphatic heterocycles. The highest BCUT2D eigenvalue weighted by atomic mass is 35.5. The second-order valence-electron chi connectivity index (χ2n) is 8.47. The van der Waals surface area contributed by atoms with Crippen molar-refractivity contribution in [3.05, 3.63) is 82.4 Å². The van der Waals surface area contributed by atoms with Gasteiger partial charge < -0.3 is 28.8 Å². The van der Waals surface area contributed by atoms with Gasteiger partial charge in [0.1, 0.15) is 24.7 Å². The Hall–Kier alpha value is -4.08. The molecule has 9 nitrogen and oxygen atoms in total. The number of benzene rings is 3. The standard InChI is InChI=1S/C29H29ClO9/c1-35-17-20(29(33)34)14-24(31)27(32)23-12-13-25(38-15-18-4-8-21(36-2)9-5-18)28(26(23)30)39-16-19-6-10-22(37-3)11-7-19/h4-13,20H,14-17H2,1-3H3,(H,33,34). The molecule has 3 rings (SSSR count). The van der Waals surface area contributed by atoms with E-state index in [1.165, 1.54) is 19.2 Å². The molecular weight excluding hydrogens is 528 g/mol.